The molecule has 1 aromatic rings. The summed E-state index contributed by atoms with van der Waals surface area (Å²) in [6.07, 6.45) is -5.11. The van der Waals surface area contributed by atoms with Crippen LogP contribution in [0.25, 0.3) is 0 Å². The summed E-state index contributed by atoms with van der Waals surface area (Å²) in [6, 6.07) is 0.739. The van der Waals surface area contributed by atoms with Crippen LogP contribution in [-0.4, -0.2) is 5.78 Å². The molecule has 1 rings (SSSR count). The average molecular weight is 224 g/mol. The van der Waals surface area contributed by atoms with Crippen molar-refractivity contribution in [2.24, 2.45) is 0 Å². The number of carbonyl (C=O) groups excluding carboxylic acids is 1. The summed E-state index contributed by atoms with van der Waals surface area (Å²) in [5.41, 5.74) is -2.41. The van der Waals surface area contributed by atoms with E-state index in [9.17, 15) is 26.7 Å². The van der Waals surface area contributed by atoms with Crippen molar-refractivity contribution in [2.45, 2.75) is 13.1 Å². The summed E-state index contributed by atoms with van der Waals surface area (Å²) < 4.78 is 61.9. The van der Waals surface area contributed by atoms with E-state index in [4.69, 9.17) is 0 Å². The highest BCUT2D eigenvalue weighted by Crippen LogP contribution is 2.33. The lowest BCUT2D eigenvalue weighted by atomic mass is 10.1. The van der Waals surface area contributed by atoms with Crippen LogP contribution in [0.5, 0.6) is 0 Å². The predicted octanol–water partition coefficient (Wildman–Crippen LogP) is 3.19. The van der Waals surface area contributed by atoms with Crippen LogP contribution >= 0.6 is 0 Å². The molecule has 0 aliphatic carbocycles. The van der Waals surface area contributed by atoms with E-state index in [2.05, 4.69) is 0 Å². The summed E-state index contributed by atoms with van der Waals surface area (Å²) in [4.78, 5) is 10.7. The molecule has 1 aromatic carbocycles. The molecule has 0 aliphatic heterocycles. The Hall–Kier alpha value is -1.46. The van der Waals surface area contributed by atoms with Gasteiger partial charge in [0, 0.05) is 5.56 Å². The number of Topliss-reactive ketones (excluding diaryl/α,β-unsaturated/α-hetero) is 1. The Morgan fingerprint density at radius 3 is 1.80 bits per heavy atom. The second-order valence-electron chi connectivity index (χ2n) is 2.87. The van der Waals surface area contributed by atoms with Crippen LogP contribution in [0.2, 0.25) is 0 Å². The Labute approximate surface area is 81.5 Å². The van der Waals surface area contributed by atoms with E-state index in [-0.39, 0.29) is 0 Å². The fourth-order valence-electron chi connectivity index (χ4n) is 1.05. The molecule has 0 bridgehead atoms. The monoisotopic (exact) mass is 224 g/mol. The number of hydrogen-bond acceptors (Lipinski definition) is 1. The smallest absolute Gasteiger partial charge is 0.295 e. The minimum atomic E-state index is -5.11. The molecule has 0 amide bonds. The average Bonchev–Trinajstić information content (AvgIpc) is 1.99. The molecule has 0 spiro atoms. The second kappa shape index (κ2) is 3.60. The van der Waals surface area contributed by atoms with Gasteiger partial charge < -0.3 is 0 Å². The number of rotatable bonds is 1. The third-order valence-corrected chi connectivity index (χ3v) is 1.73. The minimum absolute atomic E-state index is 0.369. The molecule has 0 heterocycles. The predicted molar refractivity (Wildman–Crippen MR) is 41.4 cm³/mol. The van der Waals surface area contributed by atoms with Gasteiger partial charge in [0.1, 0.15) is 17.2 Å². The molecular formula is C9H5F5O. The maximum Gasteiger partial charge on any atom is 0.422 e. The van der Waals surface area contributed by atoms with E-state index in [1.807, 2.05) is 0 Å². The zero-order valence-electron chi connectivity index (χ0n) is 7.45. The van der Waals surface area contributed by atoms with Crippen LogP contribution in [-0.2, 0) is 6.18 Å². The van der Waals surface area contributed by atoms with E-state index < -0.39 is 34.7 Å². The Kier molecular flexibility index (Phi) is 2.79. The molecule has 0 aliphatic rings. The van der Waals surface area contributed by atoms with Gasteiger partial charge in [-0.3, -0.25) is 4.79 Å². The van der Waals surface area contributed by atoms with Gasteiger partial charge in [-0.25, -0.2) is 8.78 Å². The molecule has 1 nitrogen and oxygen atoms in total. The van der Waals surface area contributed by atoms with Gasteiger partial charge in [-0.15, -0.1) is 0 Å². The molecule has 0 N–H and O–H groups in total. The first-order valence-corrected chi connectivity index (χ1v) is 3.80. The molecule has 0 fully saturated rings. The van der Waals surface area contributed by atoms with Gasteiger partial charge in [-0.1, -0.05) is 0 Å². The number of carbonyl (C=O) groups is 1. The fourth-order valence-corrected chi connectivity index (χ4v) is 1.05. The van der Waals surface area contributed by atoms with Gasteiger partial charge in [-0.05, 0) is 19.1 Å². The van der Waals surface area contributed by atoms with E-state index in [1.165, 1.54) is 0 Å². The zero-order valence-corrected chi connectivity index (χ0v) is 7.45. The van der Waals surface area contributed by atoms with Gasteiger partial charge in [0.25, 0.3) is 0 Å². The van der Waals surface area contributed by atoms with Crippen molar-refractivity contribution in [2.75, 3.05) is 0 Å². The summed E-state index contributed by atoms with van der Waals surface area (Å²) >= 11 is 0. The summed E-state index contributed by atoms with van der Waals surface area (Å²) in [5, 5.41) is 0. The fraction of sp³-hybridized carbons (Fsp3) is 0.222. The van der Waals surface area contributed by atoms with Gasteiger partial charge in [0.15, 0.2) is 5.78 Å². The molecule has 0 atom stereocenters. The Balaban J connectivity index is 3.41. The summed E-state index contributed by atoms with van der Waals surface area (Å²) in [7, 11) is 0. The summed E-state index contributed by atoms with van der Waals surface area (Å²) in [6.45, 7) is 1.00. The maximum absolute atomic E-state index is 12.9. The van der Waals surface area contributed by atoms with Crippen LogP contribution in [0.3, 0.4) is 0 Å². The normalized spacial score (nSPS) is 11.6. The van der Waals surface area contributed by atoms with Crippen LogP contribution in [0.4, 0.5) is 22.0 Å². The lowest BCUT2D eigenvalue weighted by molar-refractivity contribution is -0.142. The molecular weight excluding hydrogens is 219 g/mol. The molecule has 0 aromatic heterocycles. The highest BCUT2D eigenvalue weighted by atomic mass is 19.4. The van der Waals surface area contributed by atoms with Crippen molar-refractivity contribution >= 4 is 5.78 Å². The first-order chi connectivity index (χ1) is 6.73. The number of ketones is 1. The zero-order chi connectivity index (χ0) is 11.8. The molecule has 82 valence electrons. The van der Waals surface area contributed by atoms with Crippen molar-refractivity contribution in [3.8, 4) is 0 Å². The highest BCUT2D eigenvalue weighted by Gasteiger charge is 2.38. The van der Waals surface area contributed by atoms with Crippen molar-refractivity contribution in [3.63, 3.8) is 0 Å². The van der Waals surface area contributed by atoms with E-state index in [0.717, 1.165) is 6.92 Å². The Bertz CT molecular complexity index is 384. The van der Waals surface area contributed by atoms with Crippen molar-refractivity contribution in [1.82, 2.24) is 0 Å². The Morgan fingerprint density at radius 1 is 1.13 bits per heavy atom. The maximum atomic E-state index is 12.9. The third-order valence-electron chi connectivity index (χ3n) is 1.73. The molecule has 6 heteroatoms. The second-order valence-corrected chi connectivity index (χ2v) is 2.87. The van der Waals surface area contributed by atoms with Crippen LogP contribution in [0, 0.1) is 11.6 Å². The standard InChI is InChI=1S/C9H5F5O/c1-4(15)5-2-6(10)8(7(11)3-5)9(12,13)14/h2-3H,1H3. The largest absolute Gasteiger partial charge is 0.422 e. The van der Waals surface area contributed by atoms with Crippen molar-refractivity contribution in [1.29, 1.82) is 0 Å². The number of halogens is 5. The van der Waals surface area contributed by atoms with Gasteiger partial charge in [0.2, 0.25) is 0 Å². The van der Waals surface area contributed by atoms with E-state index in [1.54, 1.807) is 0 Å². The third kappa shape index (κ3) is 2.31. The quantitative estimate of drug-likeness (QED) is 0.528. The minimum Gasteiger partial charge on any atom is -0.295 e. The van der Waals surface area contributed by atoms with E-state index >= 15 is 0 Å². The molecule has 0 unspecified atom stereocenters. The molecule has 15 heavy (non-hydrogen) atoms. The number of alkyl halides is 3. The molecule has 0 saturated carbocycles. The number of hydrogen-bond donors (Lipinski definition) is 0. The first kappa shape index (κ1) is 11.6. The van der Waals surface area contributed by atoms with Crippen LogP contribution in [0.15, 0.2) is 12.1 Å². The van der Waals surface area contributed by atoms with Crippen molar-refractivity contribution in [3.05, 3.63) is 34.9 Å². The lowest BCUT2D eigenvalue weighted by Crippen LogP contribution is -2.12. The molecule has 0 saturated heterocycles. The van der Waals surface area contributed by atoms with Crippen LogP contribution < -0.4 is 0 Å². The van der Waals surface area contributed by atoms with E-state index in [0.29, 0.717) is 12.1 Å². The lowest BCUT2D eigenvalue weighted by Gasteiger charge is -2.09. The van der Waals surface area contributed by atoms with Gasteiger partial charge in [0.05, 0.1) is 0 Å². The van der Waals surface area contributed by atoms with Gasteiger partial charge in [-0.2, -0.15) is 13.2 Å². The topological polar surface area (TPSA) is 17.1 Å². The SMILES string of the molecule is CC(=O)c1cc(F)c(C(F)(F)F)c(F)c1. The number of benzene rings is 1. The summed E-state index contributed by atoms with van der Waals surface area (Å²) in [5.74, 6) is -4.28. The highest BCUT2D eigenvalue weighted by molar-refractivity contribution is 5.94. The Morgan fingerprint density at radius 2 is 1.53 bits per heavy atom. The van der Waals surface area contributed by atoms with Gasteiger partial charge >= 0.3 is 6.18 Å². The van der Waals surface area contributed by atoms with Crippen LogP contribution in [0.1, 0.15) is 22.8 Å². The van der Waals surface area contributed by atoms with Crippen molar-refractivity contribution < 1.29 is 26.7 Å². The first-order valence-electron chi connectivity index (χ1n) is 3.80. The molecule has 0 radical (unpaired) electrons.